The van der Waals surface area contributed by atoms with Crippen molar-refractivity contribution in [2.24, 2.45) is 0 Å². The molecule has 0 amide bonds. The molecule has 0 fully saturated rings. The SMILES string of the molecule is COCC(O)Cc1nc(-c2cccc(C(F)(F)F)c2)no1. The molecule has 2 aromatic rings. The van der Waals surface area contributed by atoms with Crippen molar-refractivity contribution < 1.29 is 27.5 Å². The van der Waals surface area contributed by atoms with Crippen molar-refractivity contribution in [2.45, 2.75) is 18.7 Å². The number of aliphatic hydroxyl groups excluding tert-OH is 1. The summed E-state index contributed by atoms with van der Waals surface area (Å²) in [7, 11) is 1.44. The second kappa shape index (κ2) is 6.23. The number of methoxy groups -OCH3 is 1. The second-order valence-corrected chi connectivity index (χ2v) is 4.40. The predicted octanol–water partition coefficient (Wildman–Crippen LogP) is 2.31. The number of alkyl halides is 3. The molecule has 1 aromatic carbocycles. The quantitative estimate of drug-likeness (QED) is 0.918. The molecule has 1 heterocycles. The van der Waals surface area contributed by atoms with E-state index in [2.05, 4.69) is 10.1 Å². The Morgan fingerprint density at radius 2 is 2.14 bits per heavy atom. The summed E-state index contributed by atoms with van der Waals surface area (Å²) in [6.07, 6.45) is -5.18. The molecule has 2 rings (SSSR count). The van der Waals surface area contributed by atoms with Gasteiger partial charge in [-0.3, -0.25) is 0 Å². The Morgan fingerprint density at radius 1 is 1.38 bits per heavy atom. The lowest BCUT2D eigenvalue weighted by atomic mass is 10.1. The first-order valence-electron chi connectivity index (χ1n) is 6.07. The van der Waals surface area contributed by atoms with E-state index in [1.165, 1.54) is 19.2 Å². The molecular formula is C13H13F3N2O3. The van der Waals surface area contributed by atoms with Gasteiger partial charge in [-0.05, 0) is 12.1 Å². The molecule has 21 heavy (non-hydrogen) atoms. The monoisotopic (exact) mass is 302 g/mol. The standard InChI is InChI=1S/C13H13F3N2O3/c1-20-7-10(19)6-11-17-12(18-21-11)8-3-2-4-9(5-8)13(14,15)16/h2-5,10,19H,6-7H2,1H3. The molecule has 0 radical (unpaired) electrons. The number of aliphatic hydroxyl groups is 1. The van der Waals surface area contributed by atoms with Gasteiger partial charge in [0.25, 0.3) is 0 Å². The summed E-state index contributed by atoms with van der Waals surface area (Å²) in [5.41, 5.74) is -0.591. The number of aromatic nitrogens is 2. The minimum absolute atomic E-state index is 0.0423. The van der Waals surface area contributed by atoms with E-state index in [0.717, 1.165) is 12.1 Å². The Hall–Kier alpha value is -1.93. The summed E-state index contributed by atoms with van der Waals surface area (Å²) >= 11 is 0. The molecule has 1 atom stereocenters. The molecular weight excluding hydrogens is 289 g/mol. The fourth-order valence-electron chi connectivity index (χ4n) is 1.74. The van der Waals surface area contributed by atoms with Gasteiger partial charge in [0.05, 0.1) is 24.7 Å². The van der Waals surface area contributed by atoms with Crippen LogP contribution in [0.15, 0.2) is 28.8 Å². The van der Waals surface area contributed by atoms with E-state index < -0.39 is 17.8 Å². The Morgan fingerprint density at radius 3 is 2.81 bits per heavy atom. The lowest BCUT2D eigenvalue weighted by molar-refractivity contribution is -0.137. The number of halogens is 3. The third-order valence-electron chi connectivity index (χ3n) is 2.69. The topological polar surface area (TPSA) is 68.4 Å². The van der Waals surface area contributed by atoms with Crippen LogP contribution in [0, 0.1) is 0 Å². The number of rotatable bonds is 5. The van der Waals surface area contributed by atoms with Gasteiger partial charge in [-0.1, -0.05) is 17.3 Å². The van der Waals surface area contributed by atoms with Crippen molar-refractivity contribution in [3.63, 3.8) is 0 Å². The van der Waals surface area contributed by atoms with Gasteiger partial charge in [0.1, 0.15) is 0 Å². The van der Waals surface area contributed by atoms with Crippen molar-refractivity contribution >= 4 is 0 Å². The normalized spacial score (nSPS) is 13.4. The third-order valence-corrected chi connectivity index (χ3v) is 2.69. The highest BCUT2D eigenvalue weighted by molar-refractivity contribution is 5.55. The number of benzene rings is 1. The predicted molar refractivity (Wildman–Crippen MR) is 66.3 cm³/mol. The molecule has 1 unspecified atom stereocenters. The minimum Gasteiger partial charge on any atom is -0.390 e. The molecule has 0 spiro atoms. The van der Waals surface area contributed by atoms with Crippen molar-refractivity contribution in [1.29, 1.82) is 0 Å². The molecule has 5 nitrogen and oxygen atoms in total. The van der Waals surface area contributed by atoms with Crippen LogP contribution in [0.5, 0.6) is 0 Å². The van der Waals surface area contributed by atoms with E-state index in [1.54, 1.807) is 0 Å². The van der Waals surface area contributed by atoms with Crippen LogP contribution < -0.4 is 0 Å². The molecule has 0 bridgehead atoms. The maximum Gasteiger partial charge on any atom is 0.416 e. The lowest BCUT2D eigenvalue weighted by Crippen LogP contribution is -2.17. The zero-order valence-electron chi connectivity index (χ0n) is 11.1. The summed E-state index contributed by atoms with van der Waals surface area (Å²) in [4.78, 5) is 3.97. The fraction of sp³-hybridized carbons (Fsp3) is 0.385. The molecule has 114 valence electrons. The van der Waals surface area contributed by atoms with Crippen LogP contribution in [-0.2, 0) is 17.3 Å². The third kappa shape index (κ3) is 4.02. The Bertz CT molecular complexity index is 598. The van der Waals surface area contributed by atoms with Crippen molar-refractivity contribution in [1.82, 2.24) is 10.1 Å². The van der Waals surface area contributed by atoms with E-state index in [0.29, 0.717) is 0 Å². The number of hydrogen-bond acceptors (Lipinski definition) is 5. The maximum atomic E-state index is 12.6. The highest BCUT2D eigenvalue weighted by atomic mass is 19.4. The van der Waals surface area contributed by atoms with E-state index >= 15 is 0 Å². The number of ether oxygens (including phenoxy) is 1. The Balaban J connectivity index is 2.18. The van der Waals surface area contributed by atoms with Gasteiger partial charge in [0.2, 0.25) is 11.7 Å². The molecule has 0 aliphatic heterocycles. The Labute approximate surface area is 118 Å². The fourth-order valence-corrected chi connectivity index (χ4v) is 1.74. The minimum atomic E-state index is -4.43. The average molecular weight is 302 g/mol. The molecule has 8 heteroatoms. The zero-order valence-corrected chi connectivity index (χ0v) is 11.1. The van der Waals surface area contributed by atoms with Crippen LogP contribution >= 0.6 is 0 Å². The lowest BCUT2D eigenvalue weighted by Gasteiger charge is -2.06. The van der Waals surface area contributed by atoms with Crippen molar-refractivity contribution in [3.8, 4) is 11.4 Å². The van der Waals surface area contributed by atoms with Gasteiger partial charge in [0, 0.05) is 12.7 Å². The van der Waals surface area contributed by atoms with Crippen molar-refractivity contribution in [3.05, 3.63) is 35.7 Å². The first-order valence-corrected chi connectivity index (χ1v) is 6.07. The summed E-state index contributed by atoms with van der Waals surface area (Å²) in [5.74, 6) is 0.174. The average Bonchev–Trinajstić information content (AvgIpc) is 2.86. The molecule has 1 N–H and O–H groups in total. The van der Waals surface area contributed by atoms with Crippen LogP contribution in [0.4, 0.5) is 13.2 Å². The summed E-state index contributed by atoms with van der Waals surface area (Å²) in [5, 5.41) is 13.1. The van der Waals surface area contributed by atoms with E-state index in [9.17, 15) is 18.3 Å². The van der Waals surface area contributed by atoms with Crippen LogP contribution in [0.2, 0.25) is 0 Å². The van der Waals surface area contributed by atoms with Gasteiger partial charge < -0.3 is 14.4 Å². The smallest absolute Gasteiger partial charge is 0.390 e. The highest BCUT2D eigenvalue weighted by Crippen LogP contribution is 2.31. The largest absolute Gasteiger partial charge is 0.416 e. The van der Waals surface area contributed by atoms with Gasteiger partial charge in [-0.15, -0.1) is 0 Å². The van der Waals surface area contributed by atoms with Crippen LogP contribution in [-0.4, -0.2) is 35.1 Å². The molecule has 0 saturated carbocycles. The van der Waals surface area contributed by atoms with Gasteiger partial charge in [-0.25, -0.2) is 0 Å². The van der Waals surface area contributed by atoms with Crippen LogP contribution in [0.25, 0.3) is 11.4 Å². The number of nitrogens with zero attached hydrogens (tertiary/aromatic N) is 2. The summed E-state index contributed by atoms with van der Waals surface area (Å²) in [6, 6.07) is 4.64. The van der Waals surface area contributed by atoms with Gasteiger partial charge in [0.15, 0.2) is 0 Å². The van der Waals surface area contributed by atoms with E-state index in [4.69, 9.17) is 9.26 Å². The first kappa shape index (κ1) is 15.5. The molecule has 0 saturated heterocycles. The summed E-state index contributed by atoms with van der Waals surface area (Å²) < 4.78 is 47.6. The van der Waals surface area contributed by atoms with E-state index in [1.807, 2.05) is 0 Å². The molecule has 1 aromatic heterocycles. The summed E-state index contributed by atoms with van der Waals surface area (Å²) in [6.45, 7) is 0.0985. The van der Waals surface area contributed by atoms with Gasteiger partial charge in [-0.2, -0.15) is 18.2 Å². The van der Waals surface area contributed by atoms with Crippen LogP contribution in [0.1, 0.15) is 11.5 Å². The highest BCUT2D eigenvalue weighted by Gasteiger charge is 2.30. The van der Waals surface area contributed by atoms with Crippen molar-refractivity contribution in [2.75, 3.05) is 13.7 Å². The van der Waals surface area contributed by atoms with Crippen LogP contribution in [0.3, 0.4) is 0 Å². The van der Waals surface area contributed by atoms with E-state index in [-0.39, 0.29) is 30.3 Å². The second-order valence-electron chi connectivity index (χ2n) is 4.40. The zero-order chi connectivity index (χ0) is 15.5. The first-order chi connectivity index (χ1) is 9.90. The molecule has 0 aliphatic carbocycles. The number of hydrogen-bond donors (Lipinski definition) is 1. The maximum absolute atomic E-state index is 12.6. The van der Waals surface area contributed by atoms with Gasteiger partial charge >= 0.3 is 6.18 Å². The Kier molecular flexibility index (Phi) is 4.59. The molecule has 0 aliphatic rings.